The van der Waals surface area contributed by atoms with E-state index in [0.29, 0.717) is 53.0 Å². The summed E-state index contributed by atoms with van der Waals surface area (Å²) in [6.45, 7) is 21.8. The number of allylic oxidation sites excluding steroid dienone is 2. The number of aromatic nitrogens is 3. The van der Waals surface area contributed by atoms with Crippen molar-refractivity contribution in [3.8, 4) is 0 Å². The minimum Gasteiger partial charge on any atom is -0.657 e. The number of fused-ring (bicyclic) bond motifs is 7. The van der Waals surface area contributed by atoms with Gasteiger partial charge in [-0.3, -0.25) is 14.4 Å². The normalized spacial score (nSPS) is 25.0. The van der Waals surface area contributed by atoms with Gasteiger partial charge < -0.3 is 29.7 Å². The van der Waals surface area contributed by atoms with E-state index in [1.165, 1.54) is 45.6 Å². The summed E-state index contributed by atoms with van der Waals surface area (Å²) in [4.78, 5) is 56.6. The summed E-state index contributed by atoms with van der Waals surface area (Å²) in [6.07, 6.45) is 18.1. The van der Waals surface area contributed by atoms with Crippen LogP contribution in [0.3, 0.4) is 0 Å². The molecule has 6 atom stereocenters. The molecule has 9 nitrogen and oxygen atoms in total. The first-order valence-electron chi connectivity index (χ1n) is 22.1. The molecule has 4 aliphatic rings. The van der Waals surface area contributed by atoms with Gasteiger partial charge in [0.05, 0.1) is 13.7 Å². The Bertz CT molecular complexity index is 2340. The van der Waals surface area contributed by atoms with Crippen LogP contribution in [-0.2, 0) is 25.5 Å². The summed E-state index contributed by atoms with van der Waals surface area (Å²) in [5.41, 5.74) is 10.1. The molecule has 60 heavy (non-hydrogen) atoms. The molecule has 3 aromatic rings. The molecule has 3 aromatic heterocycles. The van der Waals surface area contributed by atoms with Gasteiger partial charge in [-0.2, -0.15) is 0 Å². The number of carbonyl (C=O) groups is 3. The van der Waals surface area contributed by atoms with Gasteiger partial charge in [0.1, 0.15) is 5.92 Å². The molecule has 0 spiro atoms. The summed E-state index contributed by atoms with van der Waals surface area (Å²) in [5, 5.41) is 5.29. The third-order valence-corrected chi connectivity index (χ3v) is 13.8. The minimum absolute atomic E-state index is 0. The molecule has 0 amide bonds. The molecule has 2 unspecified atom stereocenters. The Balaban J connectivity index is 0.00000604. The number of rotatable bonds is 16. The largest absolute Gasteiger partial charge is 2.00 e. The Morgan fingerprint density at radius 3 is 2.33 bits per heavy atom. The van der Waals surface area contributed by atoms with Crippen molar-refractivity contribution in [2.24, 2.45) is 41.4 Å². The van der Waals surface area contributed by atoms with E-state index in [4.69, 9.17) is 24.4 Å². The van der Waals surface area contributed by atoms with Gasteiger partial charge in [0.25, 0.3) is 0 Å². The third-order valence-electron chi connectivity index (χ3n) is 13.8. The van der Waals surface area contributed by atoms with E-state index >= 15 is 0 Å². The van der Waals surface area contributed by atoms with Crippen LogP contribution in [0.1, 0.15) is 153 Å². The predicted octanol–water partition coefficient (Wildman–Crippen LogP) is 7.46. The average molecular weight is 824 g/mol. The van der Waals surface area contributed by atoms with Crippen LogP contribution in [-0.4, -0.2) is 54.5 Å². The van der Waals surface area contributed by atoms with E-state index in [-0.39, 0.29) is 53.1 Å². The van der Waals surface area contributed by atoms with Crippen LogP contribution >= 0.6 is 0 Å². The van der Waals surface area contributed by atoms with Crippen LogP contribution in [0.25, 0.3) is 29.9 Å². The quantitative estimate of drug-likeness (QED) is 0.0891. The monoisotopic (exact) mass is 823 g/mol. The molecule has 8 bridgehead atoms. The average Bonchev–Trinajstić information content (AvgIpc) is 3.33. The summed E-state index contributed by atoms with van der Waals surface area (Å²) < 4.78 is 11.2. The van der Waals surface area contributed by atoms with Crippen molar-refractivity contribution in [3.05, 3.63) is 84.8 Å². The molecule has 10 heteroatoms. The number of ether oxygens (including phenoxy) is 2. The second kappa shape index (κ2) is 18.9. The molecule has 1 saturated heterocycles. The van der Waals surface area contributed by atoms with Crippen molar-refractivity contribution in [1.29, 1.82) is 0 Å². The molecule has 5 heterocycles. The van der Waals surface area contributed by atoms with Crippen molar-refractivity contribution >= 4 is 70.7 Å². The van der Waals surface area contributed by atoms with Crippen molar-refractivity contribution < 1.29 is 23.9 Å². The molecule has 1 N–H and O–H groups in total. The fourth-order valence-electron chi connectivity index (χ4n) is 9.91. The third kappa shape index (κ3) is 8.97. The zero-order valence-electron chi connectivity index (χ0n) is 37.4. The maximum Gasteiger partial charge on any atom is 2.00 e. The van der Waals surface area contributed by atoms with E-state index in [1.54, 1.807) is 0 Å². The summed E-state index contributed by atoms with van der Waals surface area (Å²) >= 11 is 0. The van der Waals surface area contributed by atoms with Gasteiger partial charge in [0, 0.05) is 35.2 Å². The fraction of sp³-hybridized carbons (Fsp3) is 0.540. The number of hydrogen-bond acceptors (Lipinski definition) is 6. The van der Waals surface area contributed by atoms with Crippen molar-refractivity contribution in [2.45, 2.75) is 120 Å². The van der Waals surface area contributed by atoms with Crippen LogP contribution in [0.15, 0.2) is 18.0 Å². The fourth-order valence-corrected chi connectivity index (χ4v) is 9.91. The molecule has 0 aromatic carbocycles. The molecule has 7 rings (SSSR count). The van der Waals surface area contributed by atoms with Crippen LogP contribution in [0.2, 0.25) is 0 Å². The molecular formula is C50H63MgN4O5-. The molecule has 2 aliphatic carbocycles. The van der Waals surface area contributed by atoms with Crippen molar-refractivity contribution in [2.75, 3.05) is 13.7 Å². The number of nitrogens with zero attached hydrogens (tertiary/aromatic N) is 3. The summed E-state index contributed by atoms with van der Waals surface area (Å²) in [5.74, 6) is -0.0581. The van der Waals surface area contributed by atoms with Gasteiger partial charge >= 0.3 is 35.0 Å². The van der Waals surface area contributed by atoms with E-state index in [1.807, 2.05) is 32.1 Å². The number of Topliss-reactive ketones (excluding diaryl/α,β-unsaturated/α-hetero) is 1. The minimum atomic E-state index is -1.17. The van der Waals surface area contributed by atoms with Crippen molar-refractivity contribution in [3.63, 3.8) is 0 Å². The maximum absolute atomic E-state index is 14.3. The number of hydrogen-bond donors (Lipinski definition) is 1. The molecule has 0 radical (unpaired) electrons. The molecule has 2 aliphatic heterocycles. The Labute approximate surface area is 372 Å². The standard InChI is InChI=1S/C50H64N4O5.Mg/c1-11-34-28(6)37-22-39-30(8)36(19-20-43(55)59-25-33-21-32(33)18-14-17-27(5)16-13-15-26(3)4)47(53-39)45-46(50(57)58-10)49(56)44-31(9)40(54-48(44)45)24-42-35(12-2)29(7)38(52-42)23-41(34)51-37;/h11,22-24,26-27,30,32-33,36,46H,1,12-21,25H2,2-10H3,(H2,53,54,56);/q-2;+2/p-1/b38-23-,39-22-,42-24-;/t27-,30+,32?,33?,36+,46-;/m1./s1. The number of nitrogens with one attached hydrogen (secondary N) is 1. The number of esters is 2. The Morgan fingerprint density at radius 1 is 0.917 bits per heavy atom. The van der Waals surface area contributed by atoms with Gasteiger partial charge in [0.15, 0.2) is 5.78 Å². The zero-order chi connectivity index (χ0) is 42.3. The first kappa shape index (κ1) is 45.5. The van der Waals surface area contributed by atoms with Crippen LogP contribution < -0.4 is 31.0 Å². The van der Waals surface area contributed by atoms with Crippen molar-refractivity contribution in [1.82, 2.24) is 20.3 Å². The Hall–Kier alpha value is -4.02. The number of ketones is 1. The van der Waals surface area contributed by atoms with Gasteiger partial charge in [0.2, 0.25) is 0 Å². The molecule has 316 valence electrons. The second-order valence-corrected chi connectivity index (χ2v) is 18.2. The zero-order valence-corrected chi connectivity index (χ0v) is 38.8. The SMILES string of the molecule is C=Cc1c2[n-]c(c1C)/C=C1\N/C(=C3\c4[n-]c(c(C)c4C(=O)[C@@H]3C(=O)OC)/C=c3\[n-]/c(c(C)c3CC)=C\2)[C@@H](CCC(=O)OCC2CC2CCC[C@H](C)CCCC(C)C)[C@@H]1C.[Mg+2]. The van der Waals surface area contributed by atoms with E-state index < -0.39 is 11.9 Å². The van der Waals surface area contributed by atoms with E-state index in [2.05, 4.69) is 59.5 Å². The smallest absolute Gasteiger partial charge is 0.657 e. The van der Waals surface area contributed by atoms with E-state index in [0.717, 1.165) is 80.4 Å². The maximum atomic E-state index is 14.3. The Kier molecular flexibility index (Phi) is 14.4. The molecular weight excluding hydrogens is 761 g/mol. The van der Waals surface area contributed by atoms with Crippen LogP contribution in [0.4, 0.5) is 0 Å². The van der Waals surface area contributed by atoms with Crippen LogP contribution in [0, 0.1) is 62.2 Å². The first-order valence-corrected chi connectivity index (χ1v) is 22.1. The van der Waals surface area contributed by atoms with Gasteiger partial charge in [-0.1, -0.05) is 126 Å². The van der Waals surface area contributed by atoms with Gasteiger partial charge in [-0.05, 0) is 74.8 Å². The Morgan fingerprint density at radius 2 is 1.63 bits per heavy atom. The topological polar surface area (TPSA) is 124 Å². The second-order valence-electron chi connectivity index (χ2n) is 18.2. The van der Waals surface area contributed by atoms with E-state index in [9.17, 15) is 14.4 Å². The van der Waals surface area contributed by atoms with Gasteiger partial charge in [-0.15, -0.1) is 33.5 Å². The van der Waals surface area contributed by atoms with Crippen LogP contribution in [0.5, 0.6) is 0 Å². The van der Waals surface area contributed by atoms with Gasteiger partial charge in [-0.25, -0.2) is 0 Å². The molecule has 1 saturated carbocycles. The number of methoxy groups -OCH3 is 1. The summed E-state index contributed by atoms with van der Waals surface area (Å²) in [7, 11) is 1.31. The first-order chi connectivity index (χ1) is 28.3. The summed E-state index contributed by atoms with van der Waals surface area (Å²) in [6, 6.07) is 0. The molecule has 2 fully saturated rings. The predicted molar refractivity (Wildman–Crippen MR) is 239 cm³/mol. The number of carbonyl (C=O) groups excluding carboxylic acids is 3.